The van der Waals surface area contributed by atoms with Crippen LogP contribution in [0.5, 0.6) is 5.75 Å². The third kappa shape index (κ3) is 41.0. The fourth-order valence-corrected chi connectivity index (χ4v) is 13.6. The molecule has 1 fully saturated rings. The zero-order chi connectivity index (χ0) is 96.4. The smallest absolute Gasteiger partial charge is 0.326 e. The van der Waals surface area contributed by atoms with Gasteiger partial charge < -0.3 is 127 Å². The lowest BCUT2D eigenvalue weighted by Gasteiger charge is -2.30. The molecule has 1 aliphatic heterocycles. The van der Waals surface area contributed by atoms with E-state index < -0.39 is 304 Å². The Morgan fingerprint density at radius 3 is 1.27 bits per heavy atom. The van der Waals surface area contributed by atoms with Crippen molar-refractivity contribution in [2.75, 3.05) is 31.7 Å². The number of thioether (sulfide) groups is 1. The number of carbonyl (C=O) groups is 21. The summed E-state index contributed by atoms with van der Waals surface area (Å²) in [5.41, 5.74) is 11.8. The molecule has 45 nitrogen and oxygen atoms in total. The number of benzene rings is 1. The van der Waals surface area contributed by atoms with Gasteiger partial charge in [-0.1, -0.05) is 94.2 Å². The Balaban J connectivity index is 2.46. The first-order valence-electron chi connectivity index (χ1n) is 42.0. The minimum absolute atomic E-state index is 0.00784. The molecule has 46 heteroatoms. The molecule has 1 aromatic carbocycles. The Morgan fingerprint density at radius 1 is 0.441 bits per heavy atom. The maximum absolute atomic E-state index is 14.5. The van der Waals surface area contributed by atoms with Gasteiger partial charge in [0.25, 0.3) is 0 Å². The molecule has 127 heavy (non-hydrogen) atoms. The molecule has 1 heterocycles. The van der Waals surface area contributed by atoms with Gasteiger partial charge in [-0.3, -0.25) is 95.9 Å². The molecule has 0 unspecified atom stereocenters. The molecule has 0 saturated carbocycles. The molecule has 1 aliphatic rings. The van der Waals surface area contributed by atoms with Crippen molar-refractivity contribution >= 4 is 136 Å². The van der Waals surface area contributed by atoms with Crippen LogP contribution in [0.2, 0.25) is 0 Å². The van der Waals surface area contributed by atoms with Crippen LogP contribution in [0.25, 0.3) is 0 Å². The van der Waals surface area contributed by atoms with Gasteiger partial charge in [-0.2, -0.15) is 11.8 Å². The van der Waals surface area contributed by atoms with Crippen molar-refractivity contribution in [1.82, 2.24) is 79.3 Å². The number of aliphatic hydroxyl groups is 1. The molecule has 1 aromatic rings. The summed E-state index contributed by atoms with van der Waals surface area (Å²) in [4.78, 5) is 284. The fourth-order valence-electron chi connectivity index (χ4n) is 13.1. The van der Waals surface area contributed by atoms with E-state index in [-0.39, 0.29) is 62.7 Å². The number of aliphatic hydroxyl groups excluding tert-OH is 1. The minimum atomic E-state index is -2.10. The van der Waals surface area contributed by atoms with E-state index in [4.69, 9.17) is 11.5 Å². The average Bonchev–Trinajstić information content (AvgIpc) is 1.72. The van der Waals surface area contributed by atoms with Gasteiger partial charge >= 0.3 is 29.8 Å². The van der Waals surface area contributed by atoms with Crippen LogP contribution in [0, 0.1) is 29.6 Å². The van der Waals surface area contributed by atoms with E-state index in [9.17, 15) is 136 Å². The number of likely N-dealkylation sites (tertiary alicyclic amines) is 1. The van der Waals surface area contributed by atoms with Gasteiger partial charge in [0.15, 0.2) is 0 Å². The molecular weight excluding hydrogens is 1690 g/mol. The Labute approximate surface area is 739 Å². The predicted octanol–water partition coefficient (Wildman–Crippen LogP) is -3.91. The number of aromatic hydroxyl groups is 1. The van der Waals surface area contributed by atoms with E-state index in [1.165, 1.54) is 43.0 Å². The SMILES string of the molecule is CC[C@H](C)[C@H](NC(=O)[C@@H](NC(=O)[C@H](CC(C)C)NC(=O)[C@H](CCC(=O)O)NC(=O)[C@H](CCC(=O)O)NC(=O)[C@H](CCC(N)=O)NC(=O)[C@@H]1CCCN1C(=O)[C@H](CC(=O)O)NC(=O)[C@H](CO)NC(=O)CNC(=O)[C@H](Cc1ccc(O)cc1)NC(=O)[C@H](CC(C)C)NC(=O)[C@H](CCC(=O)O)NC(=O)[C@H](C)NC(=O)[C@H](CC(C)C)NC(=O)[C@@H](N)CCSC)[C@@H](C)CC)C(=O)O. The molecule has 0 aliphatic carbocycles. The molecule has 0 spiro atoms. The molecule has 16 amide bonds. The number of nitrogens with two attached hydrogens (primary N) is 2. The summed E-state index contributed by atoms with van der Waals surface area (Å²) in [7, 11) is 0. The van der Waals surface area contributed by atoms with Gasteiger partial charge in [0.2, 0.25) is 94.5 Å². The van der Waals surface area contributed by atoms with E-state index in [1.54, 1.807) is 69.2 Å². The van der Waals surface area contributed by atoms with Gasteiger partial charge in [0.05, 0.1) is 25.6 Å². The zero-order valence-electron chi connectivity index (χ0n) is 73.6. The molecule has 1 saturated heterocycles. The topological polar surface area (TPSA) is 724 Å². The van der Waals surface area contributed by atoms with Crippen LogP contribution < -0.4 is 85.9 Å². The number of rotatable bonds is 60. The van der Waals surface area contributed by atoms with Gasteiger partial charge in [-0.25, -0.2) is 4.79 Å². The number of nitrogens with zero attached hydrogens (tertiary/aromatic N) is 1. The highest BCUT2D eigenvalue weighted by atomic mass is 32.2. The standard InChI is InChI=1S/C81H129N17O28S/c1-13-42(9)65(79(123)97-66(81(125)126)43(10)14-2)96-76(120)54(34-41(7)8)93-73(117)51(24-28-63(107)108)89-71(115)50(23-27-62(105)106)88-70(114)48(21-25-59(83)101)90-78(122)58-16-15-30-98(58)80(124)56(36-64(109)110)95-77(121)57(38-99)86-60(102)37-84-69(113)55(35-45-17-19-46(100)20-18-45)94-75(119)53(33-40(5)6)92-72(116)49(22-26-61(103)104)87-67(111)44(11)85-74(118)52(32-39(3)4)91-68(112)47(82)29-31-127-12/h17-20,39-44,47-58,65-66,99-100H,13-16,21-38,82H2,1-12H3,(H2,83,101)(H,84,113)(H,85,118)(H,86,102)(H,87,111)(H,88,114)(H,89,115)(H,90,122)(H,91,112)(H,92,116)(H,93,117)(H,94,119)(H,95,121)(H,96,120)(H,97,123)(H,103,104)(H,105,106)(H,107,108)(H,109,110)(H,125,126)/t42-,43-,44-,47-,48-,49-,50-,51-,52-,53-,54-,55-,56-,57-,58-,65-,66-/m0/s1. The van der Waals surface area contributed by atoms with E-state index in [0.717, 1.165) is 4.90 Å². The number of primary amides is 1. The molecule has 2 rings (SSSR count). The quantitative estimate of drug-likeness (QED) is 0.0296. The molecule has 712 valence electrons. The number of phenols is 1. The monoisotopic (exact) mass is 1820 g/mol. The summed E-state index contributed by atoms with van der Waals surface area (Å²) in [5.74, 6) is -26.2. The third-order valence-electron chi connectivity index (χ3n) is 20.6. The van der Waals surface area contributed by atoms with Crippen molar-refractivity contribution in [3.63, 3.8) is 0 Å². The normalized spacial score (nSPS) is 16.2. The van der Waals surface area contributed by atoms with Gasteiger partial charge in [-0.15, -0.1) is 0 Å². The second kappa shape index (κ2) is 56.3. The highest BCUT2D eigenvalue weighted by Crippen LogP contribution is 2.22. The number of nitrogens with one attached hydrogen (secondary N) is 14. The highest BCUT2D eigenvalue weighted by molar-refractivity contribution is 7.98. The van der Waals surface area contributed by atoms with E-state index in [0.29, 0.717) is 30.6 Å². The van der Waals surface area contributed by atoms with Gasteiger partial charge in [0, 0.05) is 38.6 Å². The molecule has 0 radical (unpaired) electrons. The van der Waals surface area contributed by atoms with Crippen molar-refractivity contribution in [3.05, 3.63) is 29.8 Å². The van der Waals surface area contributed by atoms with E-state index in [1.807, 2.05) is 6.26 Å². The number of carboxylic acids is 5. The third-order valence-corrected chi connectivity index (χ3v) is 21.2. The number of aliphatic carboxylic acids is 5. The first-order chi connectivity index (χ1) is 59.5. The summed E-state index contributed by atoms with van der Waals surface area (Å²) in [6, 6.07) is -18.7. The van der Waals surface area contributed by atoms with Crippen LogP contribution in [0.3, 0.4) is 0 Å². The summed E-state index contributed by atoms with van der Waals surface area (Å²) in [6.45, 7) is 15.5. The van der Waals surface area contributed by atoms with Crippen LogP contribution in [-0.4, -0.2) is 287 Å². The lowest BCUT2D eigenvalue weighted by atomic mass is 9.94. The minimum Gasteiger partial charge on any atom is -0.508 e. The molecule has 17 atom stereocenters. The van der Waals surface area contributed by atoms with Crippen LogP contribution >= 0.6 is 11.8 Å². The van der Waals surface area contributed by atoms with Crippen molar-refractivity contribution < 1.29 is 136 Å². The van der Waals surface area contributed by atoms with Crippen LogP contribution in [0.4, 0.5) is 0 Å². The molecule has 0 aromatic heterocycles. The van der Waals surface area contributed by atoms with Crippen molar-refractivity contribution in [3.8, 4) is 5.75 Å². The number of hydrogen-bond acceptors (Lipinski definition) is 25. The second-order valence-electron chi connectivity index (χ2n) is 32.6. The second-order valence-corrected chi connectivity index (χ2v) is 33.6. The largest absolute Gasteiger partial charge is 0.508 e. The first kappa shape index (κ1) is 111. The Morgan fingerprint density at radius 2 is 0.835 bits per heavy atom. The maximum Gasteiger partial charge on any atom is 0.326 e. The van der Waals surface area contributed by atoms with Gasteiger partial charge in [0.1, 0.15) is 90.3 Å². The molecular formula is C81H129N17O28S. The first-order valence-corrected chi connectivity index (χ1v) is 43.4. The number of carboxylic acid groups (broad SMARTS) is 5. The van der Waals surface area contributed by atoms with Crippen LogP contribution in [-0.2, 0) is 107 Å². The van der Waals surface area contributed by atoms with Crippen molar-refractivity contribution in [2.45, 2.75) is 282 Å². The van der Waals surface area contributed by atoms with Crippen molar-refractivity contribution in [1.29, 1.82) is 0 Å². The van der Waals surface area contributed by atoms with Crippen LogP contribution in [0.1, 0.15) is 191 Å². The predicted molar refractivity (Wildman–Crippen MR) is 455 cm³/mol. The lowest BCUT2D eigenvalue weighted by molar-refractivity contribution is -0.146. The Bertz CT molecular complexity index is 3990. The summed E-state index contributed by atoms with van der Waals surface area (Å²) in [6.07, 6.45) is -4.75. The Kier molecular flexibility index (Phi) is 49.3. The number of phenolic OH excluding ortho intramolecular Hbond substituents is 1. The van der Waals surface area contributed by atoms with Crippen molar-refractivity contribution in [2.24, 2.45) is 41.1 Å². The number of amides is 16. The summed E-state index contributed by atoms with van der Waals surface area (Å²) >= 11 is 1.46. The number of carbonyl (C=O) groups excluding carboxylic acids is 16. The van der Waals surface area contributed by atoms with E-state index in [2.05, 4.69) is 74.4 Å². The summed E-state index contributed by atoms with van der Waals surface area (Å²) < 4.78 is 0. The van der Waals surface area contributed by atoms with Crippen LogP contribution in [0.15, 0.2) is 24.3 Å². The molecule has 0 bridgehead atoms. The van der Waals surface area contributed by atoms with E-state index >= 15 is 0 Å². The maximum atomic E-state index is 14.5. The molecule has 25 N–H and O–H groups in total. The lowest BCUT2D eigenvalue weighted by Crippen LogP contribution is -2.61. The summed E-state index contributed by atoms with van der Waals surface area (Å²) in [5, 5.41) is 103. The highest BCUT2D eigenvalue weighted by Gasteiger charge is 2.43. The number of hydrogen-bond donors (Lipinski definition) is 23. The zero-order valence-corrected chi connectivity index (χ0v) is 74.4. The van der Waals surface area contributed by atoms with Gasteiger partial charge in [-0.05, 0) is 130 Å². The Hall–Kier alpha value is -11.8. The average molecular weight is 1820 g/mol. The fraction of sp³-hybridized carbons (Fsp3) is 0.667.